The molecule has 3 heterocycles. The van der Waals surface area contributed by atoms with Crippen molar-refractivity contribution in [1.82, 2.24) is 4.90 Å². The molecular weight excluding hydrogens is 480 g/mol. The van der Waals surface area contributed by atoms with E-state index in [4.69, 9.17) is 18.9 Å². The third-order valence-corrected chi connectivity index (χ3v) is 9.14. The van der Waals surface area contributed by atoms with Crippen LogP contribution in [0, 0.1) is 5.41 Å². The summed E-state index contributed by atoms with van der Waals surface area (Å²) in [5, 5.41) is 12.6. The molecule has 200 valence electrons. The fourth-order valence-corrected chi connectivity index (χ4v) is 8.02. The number of ether oxygens (including phenoxy) is 4. The second kappa shape index (κ2) is 8.46. The first-order chi connectivity index (χ1) is 17.6. The topological polar surface area (TPSA) is 115 Å². The number of likely N-dealkylation sites (N-methyl/N-ethyl adjacent to an activating group) is 1. The Morgan fingerprint density at radius 2 is 1.86 bits per heavy atom. The summed E-state index contributed by atoms with van der Waals surface area (Å²) < 4.78 is 21.7. The quantitative estimate of drug-likeness (QED) is 0.352. The second-order valence-corrected chi connectivity index (χ2v) is 10.4. The highest BCUT2D eigenvalue weighted by Crippen LogP contribution is 2.67. The molecule has 1 N–H and O–H groups in total. The van der Waals surface area contributed by atoms with Gasteiger partial charge in [-0.05, 0) is 31.0 Å². The SMILES string of the molecule is CC[C@]12C=CCN3CC[C@@]4(c5cc(C(=O)OC)c(OC)cc5N(C)[C@H]4[C@@](O)(C(=O)OC)[C@@H]1OC(C)=O)[C@@H]32. The largest absolute Gasteiger partial charge is 0.496 e. The van der Waals surface area contributed by atoms with Crippen LogP contribution in [0.4, 0.5) is 5.69 Å². The monoisotopic (exact) mass is 514 g/mol. The Morgan fingerprint density at radius 1 is 1.14 bits per heavy atom. The van der Waals surface area contributed by atoms with E-state index in [0.29, 0.717) is 31.7 Å². The zero-order chi connectivity index (χ0) is 26.9. The van der Waals surface area contributed by atoms with Crippen LogP contribution < -0.4 is 9.64 Å². The number of nitrogens with zero attached hydrogens (tertiary/aromatic N) is 2. The lowest BCUT2D eigenvalue weighted by molar-refractivity contribution is -0.228. The summed E-state index contributed by atoms with van der Waals surface area (Å²) in [7, 11) is 5.81. The fourth-order valence-electron chi connectivity index (χ4n) is 8.02. The first-order valence-electron chi connectivity index (χ1n) is 12.5. The van der Waals surface area contributed by atoms with Gasteiger partial charge < -0.3 is 29.0 Å². The summed E-state index contributed by atoms with van der Waals surface area (Å²) in [4.78, 5) is 43.0. The third-order valence-electron chi connectivity index (χ3n) is 9.14. The molecule has 3 aliphatic heterocycles. The van der Waals surface area contributed by atoms with Gasteiger partial charge in [-0.25, -0.2) is 9.59 Å². The number of benzene rings is 1. The summed E-state index contributed by atoms with van der Waals surface area (Å²) in [6.07, 6.45) is 3.93. The van der Waals surface area contributed by atoms with Gasteiger partial charge in [-0.3, -0.25) is 9.69 Å². The lowest BCUT2D eigenvalue weighted by Crippen LogP contribution is -2.81. The molecule has 1 aromatic carbocycles. The highest BCUT2D eigenvalue weighted by Gasteiger charge is 2.80. The maximum Gasteiger partial charge on any atom is 0.344 e. The van der Waals surface area contributed by atoms with Crippen molar-refractivity contribution in [2.75, 3.05) is 46.4 Å². The van der Waals surface area contributed by atoms with Gasteiger partial charge in [0.2, 0.25) is 5.60 Å². The molecule has 1 saturated heterocycles. The van der Waals surface area contributed by atoms with E-state index in [0.717, 1.165) is 11.3 Å². The number of rotatable bonds is 5. The van der Waals surface area contributed by atoms with Crippen LogP contribution in [0.15, 0.2) is 24.3 Å². The van der Waals surface area contributed by atoms with Gasteiger partial charge in [0.05, 0.1) is 27.4 Å². The van der Waals surface area contributed by atoms with Gasteiger partial charge in [-0.2, -0.15) is 0 Å². The molecule has 0 aromatic heterocycles. The molecule has 10 heteroatoms. The van der Waals surface area contributed by atoms with Crippen LogP contribution in [-0.4, -0.2) is 93.2 Å². The van der Waals surface area contributed by atoms with Gasteiger partial charge in [0.25, 0.3) is 0 Å². The zero-order valence-electron chi connectivity index (χ0n) is 22.1. The molecule has 2 fully saturated rings. The summed E-state index contributed by atoms with van der Waals surface area (Å²) in [5.74, 6) is -1.68. The van der Waals surface area contributed by atoms with E-state index in [9.17, 15) is 19.5 Å². The highest BCUT2D eigenvalue weighted by molar-refractivity contribution is 5.95. The number of anilines is 1. The van der Waals surface area contributed by atoms with Crippen molar-refractivity contribution < 1.29 is 38.4 Å². The van der Waals surface area contributed by atoms with E-state index in [1.54, 1.807) is 19.2 Å². The van der Waals surface area contributed by atoms with Gasteiger partial charge in [-0.15, -0.1) is 0 Å². The Balaban J connectivity index is 1.88. The van der Waals surface area contributed by atoms with E-state index in [1.807, 2.05) is 24.0 Å². The summed E-state index contributed by atoms with van der Waals surface area (Å²) in [6, 6.07) is 2.47. The number of aliphatic hydroxyl groups is 1. The number of carbonyl (C=O) groups is 3. The Labute approximate surface area is 216 Å². The van der Waals surface area contributed by atoms with Crippen LogP contribution in [0.1, 0.15) is 42.6 Å². The van der Waals surface area contributed by atoms with E-state index >= 15 is 0 Å². The smallest absolute Gasteiger partial charge is 0.344 e. The van der Waals surface area contributed by atoms with Crippen molar-refractivity contribution >= 4 is 23.6 Å². The standard InChI is InChI=1S/C27H34N2O8/c1-7-25-9-8-11-29-12-10-26(21(25)29)17-13-16(20(31)35-5)19(34-4)14-18(17)28(3)22(26)27(33,24(32)36-6)23(25)37-15(2)30/h8-9,13-14,21-23,33H,7,10-12H2,1-6H3/t21-,22+,23+,25+,26+,27-/m0/s1. The molecule has 4 aliphatic rings. The minimum absolute atomic E-state index is 0.225. The van der Waals surface area contributed by atoms with E-state index in [-0.39, 0.29) is 11.6 Å². The Morgan fingerprint density at radius 3 is 2.46 bits per heavy atom. The van der Waals surface area contributed by atoms with Crippen molar-refractivity contribution in [3.05, 3.63) is 35.4 Å². The van der Waals surface area contributed by atoms with Crippen LogP contribution in [-0.2, 0) is 29.2 Å². The van der Waals surface area contributed by atoms with Crippen molar-refractivity contribution in [3.63, 3.8) is 0 Å². The molecule has 1 aliphatic carbocycles. The Hall–Kier alpha value is -3.11. The van der Waals surface area contributed by atoms with Crippen LogP contribution in [0.25, 0.3) is 0 Å². The van der Waals surface area contributed by atoms with E-state index in [1.165, 1.54) is 28.3 Å². The lowest BCUT2D eigenvalue weighted by Gasteiger charge is -2.63. The average molecular weight is 515 g/mol. The van der Waals surface area contributed by atoms with Crippen molar-refractivity contribution in [1.29, 1.82) is 0 Å². The molecule has 1 aromatic rings. The normalized spacial score (nSPS) is 35.3. The summed E-state index contributed by atoms with van der Waals surface area (Å²) in [6.45, 7) is 4.64. The number of hydrogen-bond acceptors (Lipinski definition) is 10. The number of methoxy groups -OCH3 is 3. The Bertz CT molecular complexity index is 1200. The fraction of sp³-hybridized carbons (Fsp3) is 0.593. The third kappa shape index (κ3) is 2.96. The molecule has 0 radical (unpaired) electrons. The molecule has 0 amide bonds. The minimum atomic E-state index is -2.21. The lowest BCUT2D eigenvalue weighted by atomic mass is 9.47. The van der Waals surface area contributed by atoms with Crippen LogP contribution in [0.2, 0.25) is 0 Å². The molecular formula is C27H34N2O8. The highest BCUT2D eigenvalue weighted by atomic mass is 16.6. The van der Waals surface area contributed by atoms with Crippen LogP contribution in [0.3, 0.4) is 0 Å². The van der Waals surface area contributed by atoms with Crippen molar-refractivity contribution in [3.8, 4) is 5.75 Å². The predicted molar refractivity (Wildman–Crippen MR) is 133 cm³/mol. The minimum Gasteiger partial charge on any atom is -0.496 e. The van der Waals surface area contributed by atoms with Crippen LogP contribution in [0.5, 0.6) is 5.75 Å². The predicted octanol–water partition coefficient (Wildman–Crippen LogP) is 1.43. The van der Waals surface area contributed by atoms with Crippen LogP contribution >= 0.6 is 0 Å². The van der Waals surface area contributed by atoms with Gasteiger partial charge in [-0.1, -0.05) is 19.1 Å². The molecule has 5 rings (SSSR count). The van der Waals surface area contributed by atoms with Gasteiger partial charge in [0.15, 0.2) is 6.10 Å². The molecule has 10 nitrogen and oxygen atoms in total. The molecule has 0 unspecified atom stereocenters. The average Bonchev–Trinajstić information content (AvgIpc) is 3.41. The first-order valence-corrected chi connectivity index (χ1v) is 12.5. The van der Waals surface area contributed by atoms with Crippen molar-refractivity contribution in [2.45, 2.75) is 55.9 Å². The molecule has 37 heavy (non-hydrogen) atoms. The first kappa shape index (κ1) is 25.5. The van der Waals surface area contributed by atoms with E-state index in [2.05, 4.69) is 4.90 Å². The molecule has 1 saturated carbocycles. The number of esters is 3. The molecule has 6 atom stereocenters. The molecule has 0 bridgehead atoms. The second-order valence-electron chi connectivity index (χ2n) is 10.4. The van der Waals surface area contributed by atoms with Gasteiger partial charge in [0.1, 0.15) is 11.3 Å². The molecule has 1 spiro atoms. The van der Waals surface area contributed by atoms with Crippen molar-refractivity contribution in [2.24, 2.45) is 5.41 Å². The number of hydrogen-bond donors (Lipinski definition) is 1. The maximum atomic E-state index is 13.6. The summed E-state index contributed by atoms with van der Waals surface area (Å²) in [5.41, 5.74) is -2.08. The van der Waals surface area contributed by atoms with Gasteiger partial charge >= 0.3 is 17.9 Å². The number of fused-ring (bicyclic) bond motifs is 1. The summed E-state index contributed by atoms with van der Waals surface area (Å²) >= 11 is 0. The zero-order valence-corrected chi connectivity index (χ0v) is 22.1. The maximum absolute atomic E-state index is 13.6. The Kier molecular flexibility index (Phi) is 5.84. The number of carbonyl (C=O) groups excluding carboxylic acids is 3. The van der Waals surface area contributed by atoms with Gasteiger partial charge in [0, 0.05) is 49.1 Å². The van der Waals surface area contributed by atoms with E-state index < -0.39 is 46.5 Å².